The van der Waals surface area contributed by atoms with Crippen molar-refractivity contribution in [2.45, 2.75) is 57.8 Å². The second-order valence-corrected chi connectivity index (χ2v) is 7.24. The lowest BCUT2D eigenvalue weighted by molar-refractivity contribution is 0.439. The van der Waals surface area contributed by atoms with E-state index in [0.717, 1.165) is 17.2 Å². The largest absolute Gasteiger partial charge is 0.457 e. The predicted molar refractivity (Wildman–Crippen MR) is 108 cm³/mol. The fourth-order valence-electron chi connectivity index (χ4n) is 3.67. The zero-order valence-electron chi connectivity index (χ0n) is 15.0. The molecule has 130 valence electrons. The fraction of sp³-hybridized carbons (Fsp3) is 0.409. The summed E-state index contributed by atoms with van der Waals surface area (Å²) in [5.74, 6) is 2.63. The first-order valence-corrected chi connectivity index (χ1v) is 9.58. The predicted octanol–water partition coefficient (Wildman–Crippen LogP) is 7.38. The molecular weight excluding hydrogens is 326 g/mol. The number of aliphatic imine (C=N–C) groups is 1. The Morgan fingerprint density at radius 1 is 1.04 bits per heavy atom. The average molecular weight is 352 g/mol. The van der Waals surface area contributed by atoms with Crippen LogP contribution in [-0.4, -0.2) is 5.16 Å². The van der Waals surface area contributed by atoms with E-state index in [4.69, 9.17) is 17.0 Å². The summed E-state index contributed by atoms with van der Waals surface area (Å²) in [6.07, 6.45) is 6.33. The number of thiocarbonyl (C=S) groups is 1. The number of hydrogen-bond donors (Lipinski definition) is 0. The molecule has 2 nitrogen and oxygen atoms in total. The van der Waals surface area contributed by atoms with E-state index < -0.39 is 0 Å². The number of hydrogen-bond acceptors (Lipinski definition) is 3. The van der Waals surface area contributed by atoms with E-state index in [1.807, 2.05) is 30.3 Å². The molecule has 0 saturated heterocycles. The third kappa shape index (κ3) is 4.36. The number of nitrogens with zero attached hydrogens (tertiary/aromatic N) is 1. The van der Waals surface area contributed by atoms with Crippen LogP contribution in [0.15, 0.2) is 47.5 Å². The van der Waals surface area contributed by atoms with Gasteiger partial charge in [-0.2, -0.15) is 4.99 Å². The molecule has 1 aliphatic rings. The smallest absolute Gasteiger partial charge is 0.128 e. The molecule has 2 aromatic rings. The number of rotatable bonds is 5. The topological polar surface area (TPSA) is 21.6 Å². The van der Waals surface area contributed by atoms with Gasteiger partial charge in [-0.05, 0) is 72.3 Å². The quantitative estimate of drug-likeness (QED) is 0.414. The molecule has 25 heavy (non-hydrogen) atoms. The van der Waals surface area contributed by atoms with Gasteiger partial charge < -0.3 is 4.74 Å². The maximum absolute atomic E-state index is 6.15. The van der Waals surface area contributed by atoms with Crippen LogP contribution >= 0.6 is 12.2 Å². The summed E-state index contributed by atoms with van der Waals surface area (Å²) < 4.78 is 6.15. The van der Waals surface area contributed by atoms with E-state index in [9.17, 15) is 0 Å². The first-order valence-electron chi connectivity index (χ1n) is 9.17. The molecular formula is C22H25NOS. The molecule has 0 unspecified atom stereocenters. The van der Waals surface area contributed by atoms with Crippen molar-refractivity contribution >= 4 is 23.1 Å². The van der Waals surface area contributed by atoms with Crippen molar-refractivity contribution in [1.82, 2.24) is 0 Å². The average Bonchev–Trinajstić information content (AvgIpc) is 2.64. The summed E-state index contributed by atoms with van der Waals surface area (Å²) in [7, 11) is 0. The van der Waals surface area contributed by atoms with E-state index in [0.29, 0.717) is 11.8 Å². The van der Waals surface area contributed by atoms with E-state index >= 15 is 0 Å². The van der Waals surface area contributed by atoms with E-state index in [1.165, 1.54) is 43.2 Å². The lowest BCUT2D eigenvalue weighted by atomic mass is 9.81. The van der Waals surface area contributed by atoms with Gasteiger partial charge in [-0.15, -0.1) is 0 Å². The lowest BCUT2D eigenvalue weighted by Gasteiger charge is -2.25. The molecule has 0 heterocycles. The van der Waals surface area contributed by atoms with E-state index in [1.54, 1.807) is 0 Å². The van der Waals surface area contributed by atoms with E-state index in [2.05, 4.69) is 36.1 Å². The molecule has 0 bridgehead atoms. The summed E-state index contributed by atoms with van der Waals surface area (Å²) in [4.78, 5) is 4.46. The summed E-state index contributed by atoms with van der Waals surface area (Å²) in [6, 6.07) is 14.2. The van der Waals surface area contributed by atoms with Gasteiger partial charge in [0.25, 0.3) is 0 Å². The van der Waals surface area contributed by atoms with Crippen molar-refractivity contribution in [2.24, 2.45) is 4.99 Å². The lowest BCUT2D eigenvalue weighted by Crippen LogP contribution is -2.06. The van der Waals surface area contributed by atoms with Gasteiger partial charge in [0.15, 0.2) is 0 Å². The molecule has 3 rings (SSSR count). The van der Waals surface area contributed by atoms with Crippen LogP contribution in [0.2, 0.25) is 0 Å². The first-order chi connectivity index (χ1) is 12.2. The SMILES string of the molecule is CC(C)c1cc(Oc2ccccc2)cc(C2CCCCC2)c1N=C=S. The number of benzene rings is 2. The molecule has 0 radical (unpaired) electrons. The molecule has 1 aliphatic carbocycles. The summed E-state index contributed by atoms with van der Waals surface area (Å²) in [5, 5.41) is 2.60. The van der Waals surface area contributed by atoms with E-state index in [-0.39, 0.29) is 0 Å². The number of isothiocyanates is 1. The normalized spacial score (nSPS) is 15.0. The van der Waals surface area contributed by atoms with Gasteiger partial charge in [0, 0.05) is 0 Å². The highest BCUT2D eigenvalue weighted by Gasteiger charge is 2.23. The standard InChI is InChI=1S/C22H25NOS/c1-16(2)20-13-19(24-18-11-7-4-8-12-18)14-21(22(20)23-15-25)17-9-5-3-6-10-17/h4,7-8,11-14,16-17H,3,5-6,9-10H2,1-2H3. The van der Waals surface area contributed by atoms with Crippen molar-refractivity contribution in [3.8, 4) is 11.5 Å². The third-order valence-corrected chi connectivity index (χ3v) is 5.04. The maximum atomic E-state index is 6.15. The van der Waals surface area contributed by atoms with Crippen LogP contribution in [-0.2, 0) is 0 Å². The Balaban J connectivity index is 2.07. The summed E-state index contributed by atoms with van der Waals surface area (Å²) >= 11 is 4.93. The molecule has 1 fully saturated rings. The zero-order chi connectivity index (χ0) is 17.6. The van der Waals surface area contributed by atoms with Crippen LogP contribution in [0.4, 0.5) is 5.69 Å². The van der Waals surface area contributed by atoms with Gasteiger partial charge >= 0.3 is 0 Å². The fourth-order valence-corrected chi connectivity index (χ4v) is 3.77. The molecule has 0 atom stereocenters. The van der Waals surface area contributed by atoms with Gasteiger partial charge in [0.1, 0.15) is 11.5 Å². The van der Waals surface area contributed by atoms with Gasteiger partial charge in [-0.3, -0.25) is 0 Å². The minimum Gasteiger partial charge on any atom is -0.457 e. The van der Waals surface area contributed by atoms with Gasteiger partial charge in [0.2, 0.25) is 0 Å². The van der Waals surface area contributed by atoms with Crippen LogP contribution < -0.4 is 4.74 Å². The van der Waals surface area contributed by atoms with Crippen molar-refractivity contribution in [1.29, 1.82) is 0 Å². The van der Waals surface area contributed by atoms with Crippen molar-refractivity contribution in [3.63, 3.8) is 0 Å². The van der Waals surface area contributed by atoms with Gasteiger partial charge in [-0.1, -0.05) is 51.3 Å². The Bertz CT molecular complexity index is 757. The minimum atomic E-state index is 0.351. The first kappa shape index (κ1) is 17.8. The van der Waals surface area contributed by atoms with Crippen LogP contribution in [0.1, 0.15) is 68.9 Å². The monoisotopic (exact) mass is 351 g/mol. The maximum Gasteiger partial charge on any atom is 0.128 e. The zero-order valence-corrected chi connectivity index (χ0v) is 15.8. The highest BCUT2D eigenvalue weighted by molar-refractivity contribution is 7.78. The van der Waals surface area contributed by atoms with Crippen LogP contribution in [0.5, 0.6) is 11.5 Å². The second kappa shape index (κ2) is 8.42. The van der Waals surface area contributed by atoms with Crippen molar-refractivity contribution in [2.75, 3.05) is 0 Å². The van der Waals surface area contributed by atoms with Gasteiger partial charge in [-0.25, -0.2) is 0 Å². The Morgan fingerprint density at radius 2 is 1.76 bits per heavy atom. The Hall–Kier alpha value is -1.96. The third-order valence-electron chi connectivity index (χ3n) is 4.95. The molecule has 0 amide bonds. The van der Waals surface area contributed by atoms with Crippen molar-refractivity contribution < 1.29 is 4.74 Å². The summed E-state index contributed by atoms with van der Waals surface area (Å²) in [6.45, 7) is 4.38. The molecule has 0 aromatic heterocycles. The number of para-hydroxylation sites is 1. The number of ether oxygens (including phenoxy) is 1. The highest BCUT2D eigenvalue weighted by Crippen LogP contribution is 2.43. The van der Waals surface area contributed by atoms with Crippen molar-refractivity contribution in [3.05, 3.63) is 53.6 Å². The Labute approximate surface area is 155 Å². The van der Waals surface area contributed by atoms with Crippen LogP contribution in [0, 0.1) is 0 Å². The second-order valence-electron chi connectivity index (χ2n) is 7.06. The van der Waals surface area contributed by atoms with Crippen LogP contribution in [0.25, 0.3) is 0 Å². The molecule has 0 N–H and O–H groups in total. The van der Waals surface area contributed by atoms with Crippen LogP contribution in [0.3, 0.4) is 0 Å². The summed E-state index contributed by atoms with van der Waals surface area (Å²) in [5.41, 5.74) is 3.47. The molecule has 0 aliphatic heterocycles. The highest BCUT2D eigenvalue weighted by atomic mass is 32.1. The molecule has 1 saturated carbocycles. The molecule has 3 heteroatoms. The Kier molecular flexibility index (Phi) is 6.01. The Morgan fingerprint density at radius 3 is 2.40 bits per heavy atom. The molecule has 2 aromatic carbocycles. The van der Waals surface area contributed by atoms with Gasteiger partial charge in [0.05, 0.1) is 10.8 Å². The molecule has 0 spiro atoms. The minimum absolute atomic E-state index is 0.351.